The van der Waals surface area contributed by atoms with Crippen LogP contribution in [-0.4, -0.2) is 49.1 Å². The molecule has 1 saturated heterocycles. The lowest BCUT2D eigenvalue weighted by atomic mass is 10.1. The first-order valence-corrected chi connectivity index (χ1v) is 8.54. The van der Waals surface area contributed by atoms with E-state index in [2.05, 4.69) is 25.1 Å². The number of guanidine groups is 1. The van der Waals surface area contributed by atoms with E-state index in [1.807, 2.05) is 30.5 Å². The Morgan fingerprint density at radius 2 is 1.96 bits per heavy atom. The molecule has 1 aliphatic heterocycles. The number of halogens is 2. The maximum absolute atomic E-state index is 13.7. The molecule has 1 fully saturated rings. The predicted molar refractivity (Wildman–Crippen MR) is 115 cm³/mol. The third-order valence-electron chi connectivity index (χ3n) is 4.45. The van der Waals surface area contributed by atoms with E-state index in [-0.39, 0.29) is 29.8 Å². The van der Waals surface area contributed by atoms with E-state index in [1.165, 1.54) is 0 Å². The summed E-state index contributed by atoms with van der Waals surface area (Å²) in [6.45, 7) is 5.88. The SMILES string of the molecule is CN=C(NCc1ccc(C)c(F)c1)N1CCN(c2ccccn2)CC1.I. The summed E-state index contributed by atoms with van der Waals surface area (Å²) in [5, 5.41) is 3.33. The standard InChI is InChI=1S/C19H24FN5.HI/c1-15-6-7-16(13-17(15)20)14-23-19(21-2)25-11-9-24(10-12-25)18-5-3-4-8-22-18;/h3-8,13H,9-12,14H2,1-2H3,(H,21,23);1H. The summed E-state index contributed by atoms with van der Waals surface area (Å²) in [7, 11) is 1.78. The zero-order valence-corrected chi connectivity index (χ0v) is 17.5. The third-order valence-corrected chi connectivity index (χ3v) is 4.45. The van der Waals surface area contributed by atoms with Gasteiger partial charge in [0.15, 0.2) is 5.96 Å². The fourth-order valence-electron chi connectivity index (χ4n) is 2.95. The second-order valence-corrected chi connectivity index (χ2v) is 6.15. The van der Waals surface area contributed by atoms with Crippen molar-refractivity contribution >= 4 is 35.8 Å². The van der Waals surface area contributed by atoms with Crippen molar-refractivity contribution in [2.75, 3.05) is 38.1 Å². The Balaban J connectivity index is 0.00000243. The molecule has 1 N–H and O–H groups in total. The molecule has 1 aromatic carbocycles. The third kappa shape index (κ3) is 5.06. The lowest BCUT2D eigenvalue weighted by molar-refractivity contribution is 0.371. The van der Waals surface area contributed by atoms with Crippen LogP contribution in [0.5, 0.6) is 0 Å². The van der Waals surface area contributed by atoms with E-state index in [9.17, 15) is 4.39 Å². The average molecular weight is 469 g/mol. The summed E-state index contributed by atoms with van der Waals surface area (Å²) in [4.78, 5) is 13.3. The number of aromatic nitrogens is 1. The zero-order valence-electron chi connectivity index (χ0n) is 15.2. The van der Waals surface area contributed by atoms with Crippen molar-refractivity contribution in [2.24, 2.45) is 4.99 Å². The molecule has 0 bridgehead atoms. The van der Waals surface area contributed by atoms with Crippen LogP contribution < -0.4 is 10.2 Å². The van der Waals surface area contributed by atoms with Gasteiger partial charge in [-0.25, -0.2) is 9.37 Å². The normalized spacial score (nSPS) is 14.8. The summed E-state index contributed by atoms with van der Waals surface area (Å²) >= 11 is 0. The molecule has 1 aliphatic rings. The fraction of sp³-hybridized carbons (Fsp3) is 0.368. The number of piperazine rings is 1. The van der Waals surface area contributed by atoms with Gasteiger partial charge >= 0.3 is 0 Å². The molecule has 3 rings (SSSR count). The summed E-state index contributed by atoms with van der Waals surface area (Å²) in [6.07, 6.45) is 1.82. The quantitative estimate of drug-likeness (QED) is 0.427. The van der Waals surface area contributed by atoms with E-state index >= 15 is 0 Å². The minimum absolute atomic E-state index is 0. The molecule has 140 valence electrons. The first-order valence-electron chi connectivity index (χ1n) is 8.54. The van der Waals surface area contributed by atoms with Gasteiger partial charge in [-0.15, -0.1) is 24.0 Å². The van der Waals surface area contributed by atoms with E-state index < -0.39 is 0 Å². The van der Waals surface area contributed by atoms with Gasteiger partial charge in [-0.2, -0.15) is 0 Å². The molecule has 0 radical (unpaired) electrons. The second-order valence-electron chi connectivity index (χ2n) is 6.15. The molecular formula is C19H25FIN5. The highest BCUT2D eigenvalue weighted by atomic mass is 127. The molecule has 0 aliphatic carbocycles. The molecule has 2 aromatic rings. The van der Waals surface area contributed by atoms with Crippen molar-refractivity contribution in [1.29, 1.82) is 0 Å². The first kappa shape index (κ1) is 20.4. The van der Waals surface area contributed by atoms with Crippen LogP contribution >= 0.6 is 24.0 Å². The molecule has 5 nitrogen and oxygen atoms in total. The van der Waals surface area contributed by atoms with Gasteiger partial charge < -0.3 is 15.1 Å². The Hall–Kier alpha value is -1.90. The average Bonchev–Trinajstić information content (AvgIpc) is 2.66. The van der Waals surface area contributed by atoms with E-state index in [4.69, 9.17) is 0 Å². The lowest BCUT2D eigenvalue weighted by Gasteiger charge is -2.37. The molecule has 2 heterocycles. The summed E-state index contributed by atoms with van der Waals surface area (Å²) in [6, 6.07) is 11.3. The Morgan fingerprint density at radius 1 is 1.19 bits per heavy atom. The van der Waals surface area contributed by atoms with E-state index in [0.717, 1.165) is 43.5 Å². The van der Waals surface area contributed by atoms with Crippen LogP contribution in [0.3, 0.4) is 0 Å². The van der Waals surface area contributed by atoms with Gasteiger partial charge in [-0.3, -0.25) is 4.99 Å². The monoisotopic (exact) mass is 469 g/mol. The highest BCUT2D eigenvalue weighted by Gasteiger charge is 2.20. The maximum atomic E-state index is 13.7. The highest BCUT2D eigenvalue weighted by Crippen LogP contribution is 2.13. The molecule has 0 saturated carbocycles. The first-order chi connectivity index (χ1) is 12.2. The van der Waals surface area contributed by atoms with Crippen LogP contribution in [0.2, 0.25) is 0 Å². The summed E-state index contributed by atoms with van der Waals surface area (Å²) in [5.41, 5.74) is 1.58. The maximum Gasteiger partial charge on any atom is 0.194 e. The molecule has 7 heteroatoms. The van der Waals surface area contributed by atoms with Crippen LogP contribution in [0, 0.1) is 12.7 Å². The van der Waals surface area contributed by atoms with Crippen LogP contribution in [0.1, 0.15) is 11.1 Å². The van der Waals surface area contributed by atoms with Crippen molar-refractivity contribution in [3.05, 3.63) is 59.5 Å². The fourth-order valence-corrected chi connectivity index (χ4v) is 2.95. The van der Waals surface area contributed by atoms with Crippen LogP contribution in [-0.2, 0) is 6.54 Å². The van der Waals surface area contributed by atoms with Crippen LogP contribution in [0.4, 0.5) is 10.2 Å². The zero-order chi connectivity index (χ0) is 17.6. The molecular weight excluding hydrogens is 444 g/mol. The molecule has 0 amide bonds. The number of rotatable bonds is 3. The number of aliphatic imine (C=N–C) groups is 1. The van der Waals surface area contributed by atoms with Crippen LogP contribution in [0.15, 0.2) is 47.6 Å². The molecule has 0 spiro atoms. The Kier molecular flexibility index (Phi) is 7.62. The molecule has 0 unspecified atom stereocenters. The number of aryl methyl sites for hydroxylation is 1. The Bertz CT molecular complexity index is 730. The van der Waals surface area contributed by atoms with Gasteiger partial charge in [-0.1, -0.05) is 18.2 Å². The van der Waals surface area contributed by atoms with Crippen LogP contribution in [0.25, 0.3) is 0 Å². The summed E-state index contributed by atoms with van der Waals surface area (Å²) in [5.74, 6) is 1.69. The minimum atomic E-state index is -0.168. The number of anilines is 1. The van der Waals surface area contributed by atoms with Gasteiger partial charge in [0, 0.05) is 46.0 Å². The van der Waals surface area contributed by atoms with Crippen molar-refractivity contribution in [3.8, 4) is 0 Å². The molecule has 26 heavy (non-hydrogen) atoms. The van der Waals surface area contributed by atoms with Gasteiger partial charge in [0.25, 0.3) is 0 Å². The number of hydrogen-bond donors (Lipinski definition) is 1. The van der Waals surface area contributed by atoms with E-state index in [0.29, 0.717) is 12.1 Å². The van der Waals surface area contributed by atoms with Gasteiger partial charge in [0.05, 0.1) is 0 Å². The van der Waals surface area contributed by atoms with Gasteiger partial charge in [0.1, 0.15) is 11.6 Å². The number of hydrogen-bond acceptors (Lipinski definition) is 3. The Morgan fingerprint density at radius 3 is 2.58 bits per heavy atom. The topological polar surface area (TPSA) is 43.8 Å². The smallest absolute Gasteiger partial charge is 0.194 e. The number of pyridine rings is 1. The number of nitrogens with one attached hydrogen (secondary N) is 1. The van der Waals surface area contributed by atoms with Crippen molar-refractivity contribution in [1.82, 2.24) is 15.2 Å². The van der Waals surface area contributed by atoms with Gasteiger partial charge in [0.2, 0.25) is 0 Å². The number of benzene rings is 1. The lowest BCUT2D eigenvalue weighted by Crippen LogP contribution is -2.52. The highest BCUT2D eigenvalue weighted by molar-refractivity contribution is 14.0. The van der Waals surface area contributed by atoms with Crippen molar-refractivity contribution in [2.45, 2.75) is 13.5 Å². The summed E-state index contributed by atoms with van der Waals surface area (Å²) < 4.78 is 13.7. The minimum Gasteiger partial charge on any atom is -0.353 e. The molecule has 0 atom stereocenters. The predicted octanol–water partition coefficient (Wildman–Crippen LogP) is 3.04. The second kappa shape index (κ2) is 9.70. The van der Waals surface area contributed by atoms with E-state index in [1.54, 1.807) is 26.1 Å². The van der Waals surface area contributed by atoms with Gasteiger partial charge in [-0.05, 0) is 36.2 Å². The number of nitrogens with zero attached hydrogens (tertiary/aromatic N) is 4. The largest absolute Gasteiger partial charge is 0.353 e. The van der Waals surface area contributed by atoms with Crippen molar-refractivity contribution < 1.29 is 4.39 Å². The Labute approximate surface area is 171 Å². The molecule has 1 aromatic heterocycles. The van der Waals surface area contributed by atoms with Crippen molar-refractivity contribution in [3.63, 3.8) is 0 Å².